The van der Waals surface area contributed by atoms with Gasteiger partial charge in [-0.2, -0.15) is 0 Å². The molecule has 1 aromatic heterocycles. The summed E-state index contributed by atoms with van der Waals surface area (Å²) in [5, 5.41) is 0. The molecule has 1 aliphatic heterocycles. The van der Waals surface area contributed by atoms with Gasteiger partial charge in [-0.25, -0.2) is 17.5 Å². The fourth-order valence-corrected chi connectivity index (χ4v) is 3.82. The molecule has 0 saturated heterocycles. The van der Waals surface area contributed by atoms with E-state index in [1.165, 1.54) is 31.6 Å². The number of ether oxygens (including phenoxy) is 1. The quantitative estimate of drug-likeness (QED) is 0.793. The normalized spacial score (nSPS) is 15.7. The molecule has 114 valence electrons. The summed E-state index contributed by atoms with van der Waals surface area (Å²) < 4.78 is 35.1. The highest BCUT2D eigenvalue weighted by molar-refractivity contribution is 7.90. The van der Waals surface area contributed by atoms with Crippen LogP contribution in [0.1, 0.15) is 26.5 Å². The molecule has 0 N–H and O–H groups in total. The molecule has 3 rings (SSSR count). The molecular formula is C14H11NO6S. The molecule has 1 amide bonds. The third-order valence-corrected chi connectivity index (χ3v) is 5.13. The fourth-order valence-electron chi connectivity index (χ4n) is 2.27. The van der Waals surface area contributed by atoms with Crippen LogP contribution in [0.25, 0.3) is 0 Å². The monoisotopic (exact) mass is 321 g/mol. The molecule has 2 heterocycles. The maximum absolute atomic E-state index is 12.4. The Morgan fingerprint density at radius 2 is 2.00 bits per heavy atom. The highest BCUT2D eigenvalue weighted by Crippen LogP contribution is 2.31. The van der Waals surface area contributed by atoms with Crippen molar-refractivity contribution in [3.8, 4) is 0 Å². The van der Waals surface area contributed by atoms with E-state index in [9.17, 15) is 18.0 Å². The van der Waals surface area contributed by atoms with Crippen molar-refractivity contribution in [3.63, 3.8) is 0 Å². The van der Waals surface area contributed by atoms with Crippen LogP contribution in [0.2, 0.25) is 0 Å². The van der Waals surface area contributed by atoms with Crippen LogP contribution < -0.4 is 0 Å². The molecule has 22 heavy (non-hydrogen) atoms. The number of benzene rings is 1. The van der Waals surface area contributed by atoms with E-state index in [2.05, 4.69) is 4.74 Å². The molecule has 0 spiro atoms. The van der Waals surface area contributed by atoms with E-state index in [-0.39, 0.29) is 28.3 Å². The van der Waals surface area contributed by atoms with E-state index in [1.54, 1.807) is 12.1 Å². The Morgan fingerprint density at radius 1 is 1.27 bits per heavy atom. The first-order chi connectivity index (χ1) is 10.5. The molecule has 0 atom stereocenters. The Balaban J connectivity index is 2.00. The molecule has 2 aromatic rings. The van der Waals surface area contributed by atoms with Crippen molar-refractivity contribution in [2.75, 3.05) is 7.11 Å². The molecule has 0 fully saturated rings. The van der Waals surface area contributed by atoms with Crippen LogP contribution in [-0.2, 0) is 21.3 Å². The minimum atomic E-state index is -3.93. The number of methoxy groups -OCH3 is 1. The molecule has 1 aromatic carbocycles. The largest absolute Gasteiger partial charge is 0.463 e. The summed E-state index contributed by atoms with van der Waals surface area (Å²) in [7, 11) is -2.75. The number of rotatable bonds is 3. The van der Waals surface area contributed by atoms with Crippen LogP contribution in [0.4, 0.5) is 0 Å². The standard InChI is InChI=1S/C14H11NO6S/c1-20-14(17)12-9(6-7-21-12)8-15-13(16)10-4-2-3-5-11(10)22(15,18)19/h2-7H,8H2,1H3. The summed E-state index contributed by atoms with van der Waals surface area (Å²) >= 11 is 0. The Hall–Kier alpha value is -2.61. The van der Waals surface area contributed by atoms with Crippen LogP contribution in [-0.4, -0.2) is 31.7 Å². The smallest absolute Gasteiger partial charge is 0.374 e. The van der Waals surface area contributed by atoms with Gasteiger partial charge in [0, 0.05) is 5.56 Å². The first kappa shape index (κ1) is 14.3. The van der Waals surface area contributed by atoms with Gasteiger partial charge in [0.05, 0.1) is 25.5 Å². The molecule has 0 bridgehead atoms. The highest BCUT2D eigenvalue weighted by Gasteiger charge is 2.41. The van der Waals surface area contributed by atoms with E-state index in [0.717, 1.165) is 4.31 Å². The minimum absolute atomic E-state index is 0.0388. The Kier molecular flexibility index (Phi) is 3.25. The number of carbonyl (C=O) groups is 2. The number of furan rings is 1. The number of esters is 1. The Labute approximate surface area is 126 Å². The number of hydrogen-bond donors (Lipinski definition) is 0. The summed E-state index contributed by atoms with van der Waals surface area (Å²) in [4.78, 5) is 23.8. The van der Waals surface area contributed by atoms with E-state index in [1.807, 2.05) is 0 Å². The zero-order valence-corrected chi connectivity index (χ0v) is 12.3. The highest BCUT2D eigenvalue weighted by atomic mass is 32.2. The van der Waals surface area contributed by atoms with Crippen molar-refractivity contribution < 1.29 is 27.2 Å². The second-order valence-electron chi connectivity index (χ2n) is 4.58. The van der Waals surface area contributed by atoms with Crippen LogP contribution in [0.5, 0.6) is 0 Å². The molecule has 0 aliphatic carbocycles. The lowest BCUT2D eigenvalue weighted by atomic mass is 10.2. The molecule has 8 heteroatoms. The third-order valence-electron chi connectivity index (χ3n) is 3.34. The number of sulfonamides is 1. The van der Waals surface area contributed by atoms with Gasteiger partial charge in [0.25, 0.3) is 15.9 Å². The molecular weight excluding hydrogens is 310 g/mol. The number of nitrogens with zero attached hydrogens (tertiary/aromatic N) is 1. The summed E-state index contributed by atoms with van der Waals surface area (Å²) in [5.74, 6) is -1.49. The molecule has 0 saturated carbocycles. The number of amides is 1. The van der Waals surface area contributed by atoms with Gasteiger partial charge in [-0.3, -0.25) is 4.79 Å². The Morgan fingerprint density at radius 3 is 2.68 bits per heavy atom. The summed E-state index contributed by atoms with van der Waals surface area (Å²) in [6, 6.07) is 7.39. The van der Waals surface area contributed by atoms with Gasteiger partial charge in [0.15, 0.2) is 0 Å². The van der Waals surface area contributed by atoms with Gasteiger partial charge in [-0.05, 0) is 18.2 Å². The van der Waals surface area contributed by atoms with Gasteiger partial charge < -0.3 is 9.15 Å². The lowest BCUT2D eigenvalue weighted by Crippen LogP contribution is -2.29. The third kappa shape index (κ3) is 2.00. The van der Waals surface area contributed by atoms with Crippen LogP contribution >= 0.6 is 0 Å². The molecule has 0 radical (unpaired) electrons. The summed E-state index contributed by atoms with van der Waals surface area (Å²) in [6.07, 6.45) is 1.24. The first-order valence-corrected chi connectivity index (χ1v) is 7.71. The number of hydrogen-bond acceptors (Lipinski definition) is 6. The lowest BCUT2D eigenvalue weighted by Gasteiger charge is -2.14. The van der Waals surface area contributed by atoms with Crippen molar-refractivity contribution in [1.29, 1.82) is 0 Å². The van der Waals surface area contributed by atoms with Crippen LogP contribution in [0.3, 0.4) is 0 Å². The molecule has 0 unspecified atom stereocenters. The van der Waals surface area contributed by atoms with Gasteiger partial charge >= 0.3 is 5.97 Å². The molecule has 7 nitrogen and oxygen atoms in total. The van der Waals surface area contributed by atoms with E-state index in [0.29, 0.717) is 0 Å². The summed E-state index contributed by atoms with van der Waals surface area (Å²) in [6.45, 7) is -0.295. The zero-order chi connectivity index (χ0) is 15.9. The van der Waals surface area contributed by atoms with Crippen molar-refractivity contribution in [2.24, 2.45) is 0 Å². The average Bonchev–Trinajstić information content (AvgIpc) is 3.05. The second kappa shape index (κ2) is 4.99. The SMILES string of the molecule is COC(=O)c1occc1CN1C(=O)c2ccccc2S1(=O)=O. The van der Waals surface area contributed by atoms with Crippen LogP contribution in [0, 0.1) is 0 Å². The number of carbonyl (C=O) groups excluding carboxylic acids is 2. The zero-order valence-electron chi connectivity index (χ0n) is 11.5. The summed E-state index contributed by atoms with van der Waals surface area (Å²) in [5.41, 5.74) is 0.377. The minimum Gasteiger partial charge on any atom is -0.463 e. The maximum atomic E-state index is 12.4. The van der Waals surface area contributed by atoms with Crippen molar-refractivity contribution >= 4 is 21.9 Å². The average molecular weight is 321 g/mol. The van der Waals surface area contributed by atoms with E-state index in [4.69, 9.17) is 4.42 Å². The van der Waals surface area contributed by atoms with Gasteiger partial charge in [-0.1, -0.05) is 12.1 Å². The van der Waals surface area contributed by atoms with Gasteiger partial charge in [0.1, 0.15) is 4.90 Å². The number of fused-ring (bicyclic) bond motifs is 1. The van der Waals surface area contributed by atoms with E-state index >= 15 is 0 Å². The topological polar surface area (TPSA) is 93.9 Å². The lowest BCUT2D eigenvalue weighted by molar-refractivity contribution is 0.0561. The van der Waals surface area contributed by atoms with Crippen LogP contribution in [0.15, 0.2) is 45.9 Å². The Bertz CT molecular complexity index is 867. The van der Waals surface area contributed by atoms with Crippen molar-refractivity contribution in [2.45, 2.75) is 11.4 Å². The van der Waals surface area contributed by atoms with Crippen molar-refractivity contribution in [3.05, 3.63) is 53.5 Å². The fraction of sp³-hybridized carbons (Fsp3) is 0.143. The van der Waals surface area contributed by atoms with Gasteiger partial charge in [0.2, 0.25) is 5.76 Å². The van der Waals surface area contributed by atoms with E-state index < -0.39 is 21.9 Å². The van der Waals surface area contributed by atoms with Crippen molar-refractivity contribution in [1.82, 2.24) is 4.31 Å². The first-order valence-electron chi connectivity index (χ1n) is 6.27. The predicted molar refractivity (Wildman–Crippen MR) is 73.5 cm³/mol. The van der Waals surface area contributed by atoms with Gasteiger partial charge in [-0.15, -0.1) is 0 Å². The predicted octanol–water partition coefficient (Wildman–Crippen LogP) is 1.41. The second-order valence-corrected chi connectivity index (χ2v) is 6.41. The molecule has 1 aliphatic rings. The maximum Gasteiger partial charge on any atom is 0.374 e.